The number of amides is 1. The lowest BCUT2D eigenvalue weighted by molar-refractivity contribution is 0.0947. The van der Waals surface area contributed by atoms with E-state index in [0.29, 0.717) is 18.7 Å². The predicted octanol–water partition coefficient (Wildman–Crippen LogP) is 2.58. The molecule has 0 aromatic carbocycles. The Labute approximate surface area is 128 Å². The van der Waals surface area contributed by atoms with E-state index in [2.05, 4.69) is 42.1 Å². The first-order valence-corrected chi connectivity index (χ1v) is 7.85. The van der Waals surface area contributed by atoms with Crippen molar-refractivity contribution in [2.24, 2.45) is 0 Å². The molecular formula is C11H16Br2N2O2S. The molecule has 0 spiro atoms. The lowest BCUT2D eigenvalue weighted by Gasteiger charge is -2.16. The number of methoxy groups -OCH3 is 1. The van der Waals surface area contributed by atoms with E-state index in [1.54, 1.807) is 7.11 Å². The molecule has 0 saturated carbocycles. The molecule has 18 heavy (non-hydrogen) atoms. The molecule has 1 aromatic heterocycles. The first-order chi connectivity index (χ1) is 8.54. The number of rotatable bonds is 7. The molecular weight excluding hydrogens is 384 g/mol. The van der Waals surface area contributed by atoms with Crippen molar-refractivity contribution in [1.82, 2.24) is 10.2 Å². The van der Waals surface area contributed by atoms with Gasteiger partial charge in [0.2, 0.25) is 0 Å². The van der Waals surface area contributed by atoms with Gasteiger partial charge in [-0.25, -0.2) is 0 Å². The third-order valence-corrected chi connectivity index (χ3v) is 4.70. The van der Waals surface area contributed by atoms with Crippen LogP contribution in [0.25, 0.3) is 0 Å². The number of carbonyl (C=O) groups excluding carboxylic acids is 1. The Morgan fingerprint density at radius 2 is 2.22 bits per heavy atom. The van der Waals surface area contributed by atoms with Gasteiger partial charge in [0, 0.05) is 26.7 Å². The zero-order valence-electron chi connectivity index (χ0n) is 10.3. The topological polar surface area (TPSA) is 41.6 Å². The highest BCUT2D eigenvalue weighted by Gasteiger charge is 2.13. The molecule has 0 aliphatic carbocycles. The van der Waals surface area contributed by atoms with Gasteiger partial charge in [-0.3, -0.25) is 4.79 Å². The first-order valence-electron chi connectivity index (χ1n) is 5.45. The minimum Gasteiger partial charge on any atom is -0.383 e. The van der Waals surface area contributed by atoms with Crippen LogP contribution in [0, 0.1) is 0 Å². The number of thiophene rings is 1. The summed E-state index contributed by atoms with van der Waals surface area (Å²) < 4.78 is 6.78. The molecule has 0 radical (unpaired) electrons. The molecule has 1 N–H and O–H groups in total. The van der Waals surface area contributed by atoms with E-state index in [9.17, 15) is 4.79 Å². The molecule has 4 nitrogen and oxygen atoms in total. The zero-order valence-corrected chi connectivity index (χ0v) is 14.3. The summed E-state index contributed by atoms with van der Waals surface area (Å²) in [4.78, 5) is 14.0. The number of nitrogens with one attached hydrogen (secondary N) is 1. The van der Waals surface area contributed by atoms with Crippen molar-refractivity contribution in [3.8, 4) is 0 Å². The molecule has 0 aliphatic heterocycles. The van der Waals surface area contributed by atoms with Crippen molar-refractivity contribution in [3.63, 3.8) is 0 Å². The predicted molar refractivity (Wildman–Crippen MR) is 81.4 cm³/mol. The summed E-state index contributed by atoms with van der Waals surface area (Å²) in [6.07, 6.45) is 0. The van der Waals surface area contributed by atoms with Crippen molar-refractivity contribution in [2.75, 3.05) is 40.4 Å². The van der Waals surface area contributed by atoms with Gasteiger partial charge >= 0.3 is 0 Å². The van der Waals surface area contributed by atoms with E-state index in [1.807, 2.05) is 13.1 Å². The first kappa shape index (κ1) is 16.1. The molecule has 0 fully saturated rings. The minimum atomic E-state index is -0.0519. The average Bonchev–Trinajstić information content (AvgIpc) is 2.65. The fourth-order valence-corrected chi connectivity index (χ4v) is 4.10. The van der Waals surface area contributed by atoms with Gasteiger partial charge in [0.25, 0.3) is 5.91 Å². The maximum Gasteiger partial charge on any atom is 0.253 e. The number of hydrogen-bond acceptors (Lipinski definition) is 4. The molecule has 7 heteroatoms. The van der Waals surface area contributed by atoms with E-state index in [1.165, 1.54) is 11.3 Å². The summed E-state index contributed by atoms with van der Waals surface area (Å²) >= 11 is 8.22. The van der Waals surface area contributed by atoms with Crippen LogP contribution >= 0.6 is 43.2 Å². The molecule has 0 unspecified atom stereocenters. The van der Waals surface area contributed by atoms with Crippen LogP contribution in [-0.2, 0) is 4.74 Å². The molecule has 102 valence electrons. The zero-order chi connectivity index (χ0) is 13.5. The maximum absolute atomic E-state index is 11.9. The van der Waals surface area contributed by atoms with Gasteiger partial charge < -0.3 is 15.0 Å². The summed E-state index contributed by atoms with van der Waals surface area (Å²) in [6, 6.07) is 1.82. The number of halogens is 2. The third-order valence-electron chi connectivity index (χ3n) is 2.36. The van der Waals surface area contributed by atoms with Crippen LogP contribution in [0.15, 0.2) is 13.6 Å². The van der Waals surface area contributed by atoms with E-state index in [-0.39, 0.29) is 5.91 Å². The van der Waals surface area contributed by atoms with Crippen LogP contribution < -0.4 is 5.32 Å². The van der Waals surface area contributed by atoms with Gasteiger partial charge in [0.15, 0.2) is 0 Å². The van der Waals surface area contributed by atoms with E-state index in [4.69, 9.17) is 4.74 Å². The lowest BCUT2D eigenvalue weighted by atomic mass is 10.3. The van der Waals surface area contributed by atoms with Crippen LogP contribution in [0.1, 0.15) is 10.4 Å². The Bertz CT molecular complexity index is 398. The molecule has 1 amide bonds. The fourth-order valence-electron chi connectivity index (χ4n) is 1.31. The van der Waals surface area contributed by atoms with Crippen molar-refractivity contribution < 1.29 is 9.53 Å². The number of likely N-dealkylation sites (N-methyl/N-ethyl adjacent to an activating group) is 1. The van der Waals surface area contributed by atoms with Crippen molar-refractivity contribution >= 4 is 49.1 Å². The van der Waals surface area contributed by atoms with Crippen molar-refractivity contribution in [3.05, 3.63) is 19.2 Å². The van der Waals surface area contributed by atoms with Crippen LogP contribution in [0.4, 0.5) is 0 Å². The highest BCUT2D eigenvalue weighted by molar-refractivity contribution is 9.12. The summed E-state index contributed by atoms with van der Waals surface area (Å²) in [7, 11) is 3.68. The maximum atomic E-state index is 11.9. The van der Waals surface area contributed by atoms with E-state index >= 15 is 0 Å². The molecule has 0 atom stereocenters. The van der Waals surface area contributed by atoms with Gasteiger partial charge in [-0.2, -0.15) is 0 Å². The smallest absolute Gasteiger partial charge is 0.253 e. The molecule has 0 bridgehead atoms. The normalized spacial score (nSPS) is 10.9. The lowest BCUT2D eigenvalue weighted by Crippen LogP contribution is -2.34. The quantitative estimate of drug-likeness (QED) is 0.766. The Kier molecular flexibility index (Phi) is 7.40. The minimum absolute atomic E-state index is 0.0519. The Morgan fingerprint density at radius 3 is 2.78 bits per heavy atom. The van der Waals surface area contributed by atoms with E-state index < -0.39 is 0 Å². The van der Waals surface area contributed by atoms with Gasteiger partial charge in [0.05, 0.1) is 19.7 Å². The number of carbonyl (C=O) groups is 1. The van der Waals surface area contributed by atoms with Crippen LogP contribution in [0.5, 0.6) is 0 Å². The fraction of sp³-hybridized carbons (Fsp3) is 0.545. The van der Waals surface area contributed by atoms with Crippen molar-refractivity contribution in [1.29, 1.82) is 0 Å². The highest BCUT2D eigenvalue weighted by atomic mass is 79.9. The second kappa shape index (κ2) is 8.27. The summed E-state index contributed by atoms with van der Waals surface area (Å²) in [5.74, 6) is -0.0519. The second-order valence-corrected chi connectivity index (χ2v) is 7.54. The van der Waals surface area contributed by atoms with Gasteiger partial charge in [-0.05, 0) is 45.0 Å². The van der Waals surface area contributed by atoms with Gasteiger partial charge in [-0.15, -0.1) is 11.3 Å². The van der Waals surface area contributed by atoms with Gasteiger partial charge in [0.1, 0.15) is 0 Å². The molecule has 0 saturated heterocycles. The van der Waals surface area contributed by atoms with Gasteiger partial charge in [-0.1, -0.05) is 0 Å². The number of nitrogens with zero attached hydrogens (tertiary/aromatic N) is 1. The highest BCUT2D eigenvalue weighted by Crippen LogP contribution is 2.31. The molecule has 1 aromatic rings. The largest absolute Gasteiger partial charge is 0.383 e. The van der Waals surface area contributed by atoms with Crippen LogP contribution in [0.2, 0.25) is 0 Å². The summed E-state index contributed by atoms with van der Waals surface area (Å²) in [5, 5.41) is 2.89. The molecule has 1 heterocycles. The molecule has 1 rings (SSSR count). The number of ether oxygens (including phenoxy) is 1. The average molecular weight is 400 g/mol. The Balaban J connectivity index is 2.31. The SMILES string of the molecule is COCCN(C)CCNC(=O)c1cc(Br)sc1Br. The second-order valence-electron chi connectivity index (χ2n) is 3.79. The molecule has 0 aliphatic rings. The van der Waals surface area contributed by atoms with E-state index in [0.717, 1.165) is 20.7 Å². The Hall–Kier alpha value is 0.0500. The number of hydrogen-bond donors (Lipinski definition) is 1. The standard InChI is InChI=1S/C11H16Br2N2O2S/c1-15(5-6-17-2)4-3-14-11(16)8-7-9(12)18-10(8)13/h7H,3-6H2,1-2H3,(H,14,16). The third kappa shape index (κ3) is 5.36. The van der Waals surface area contributed by atoms with Crippen molar-refractivity contribution in [2.45, 2.75) is 0 Å². The monoisotopic (exact) mass is 398 g/mol. The Morgan fingerprint density at radius 1 is 1.50 bits per heavy atom. The summed E-state index contributed by atoms with van der Waals surface area (Å²) in [5.41, 5.74) is 0.673. The van der Waals surface area contributed by atoms with Crippen LogP contribution in [0.3, 0.4) is 0 Å². The summed E-state index contributed by atoms with van der Waals surface area (Å²) in [6.45, 7) is 2.99. The van der Waals surface area contributed by atoms with Crippen LogP contribution in [-0.4, -0.2) is 51.2 Å².